The maximum atomic E-state index is 12.5. The van der Waals surface area contributed by atoms with Gasteiger partial charge in [0.1, 0.15) is 17.9 Å². The maximum Gasteiger partial charge on any atom is 0.342 e. The van der Waals surface area contributed by atoms with Gasteiger partial charge in [-0.3, -0.25) is 0 Å². The average molecular weight is 375 g/mol. The van der Waals surface area contributed by atoms with Crippen molar-refractivity contribution >= 4 is 29.6 Å². The number of ether oxygens (including phenoxy) is 2. The van der Waals surface area contributed by atoms with E-state index in [-0.39, 0.29) is 6.61 Å². The Kier molecular flexibility index (Phi) is 7.04. The number of esters is 1. The predicted octanol–water partition coefficient (Wildman–Crippen LogP) is 4.63. The van der Waals surface area contributed by atoms with Crippen LogP contribution in [0.25, 0.3) is 0 Å². The van der Waals surface area contributed by atoms with Crippen molar-refractivity contribution in [2.24, 2.45) is 4.99 Å². The molecule has 0 fully saturated rings. The van der Waals surface area contributed by atoms with Crippen LogP contribution in [0.2, 0.25) is 5.02 Å². The molecule has 2 aromatic rings. The lowest BCUT2D eigenvalue weighted by Crippen LogP contribution is -2.14. The van der Waals surface area contributed by atoms with Crippen LogP contribution >= 0.6 is 11.6 Å². The molecule has 0 bridgehead atoms. The molecule has 0 unspecified atom stereocenters. The third-order valence-corrected chi connectivity index (χ3v) is 4.17. The normalized spacial score (nSPS) is 10.8. The highest BCUT2D eigenvalue weighted by molar-refractivity contribution is 6.30. The lowest BCUT2D eigenvalue weighted by atomic mass is 10.1. The fourth-order valence-electron chi connectivity index (χ4n) is 2.19. The molecule has 0 saturated carbocycles. The van der Waals surface area contributed by atoms with Gasteiger partial charge in [0.05, 0.1) is 19.1 Å². The van der Waals surface area contributed by atoms with E-state index < -0.39 is 5.97 Å². The summed E-state index contributed by atoms with van der Waals surface area (Å²) in [5, 5.41) is 0.641. The van der Waals surface area contributed by atoms with Gasteiger partial charge in [-0.05, 0) is 43.2 Å². The molecule has 6 heteroatoms. The van der Waals surface area contributed by atoms with Gasteiger partial charge in [0.25, 0.3) is 0 Å². The van der Waals surface area contributed by atoms with Gasteiger partial charge < -0.3 is 14.4 Å². The number of carbonyl (C=O) groups is 1. The molecule has 0 aliphatic heterocycles. The Labute approximate surface area is 159 Å². The summed E-state index contributed by atoms with van der Waals surface area (Å²) in [5.41, 5.74) is 2.85. The summed E-state index contributed by atoms with van der Waals surface area (Å²) >= 11 is 5.86. The van der Waals surface area contributed by atoms with Crippen molar-refractivity contribution in [3.63, 3.8) is 0 Å². The molecule has 0 N–H and O–H groups in total. The van der Waals surface area contributed by atoms with Gasteiger partial charge in [0.2, 0.25) is 0 Å². The van der Waals surface area contributed by atoms with Crippen LogP contribution < -0.4 is 4.74 Å². The van der Waals surface area contributed by atoms with E-state index in [4.69, 9.17) is 21.1 Å². The Balaban J connectivity index is 2.17. The first kappa shape index (κ1) is 19.8. The monoisotopic (exact) mass is 374 g/mol. The molecule has 0 spiro atoms. The molecule has 2 rings (SSSR count). The van der Waals surface area contributed by atoms with Crippen LogP contribution in [-0.4, -0.2) is 37.9 Å². The van der Waals surface area contributed by atoms with E-state index in [0.717, 1.165) is 23.4 Å². The smallest absolute Gasteiger partial charge is 0.342 e. The first-order valence-corrected chi connectivity index (χ1v) is 8.67. The number of methoxy groups -OCH3 is 1. The van der Waals surface area contributed by atoms with E-state index in [1.807, 2.05) is 37.9 Å². The van der Waals surface area contributed by atoms with E-state index in [9.17, 15) is 4.79 Å². The number of hydrogen-bond donors (Lipinski definition) is 0. The molecule has 0 saturated heterocycles. The van der Waals surface area contributed by atoms with Gasteiger partial charge in [-0.25, -0.2) is 9.79 Å². The molecule has 0 heterocycles. The number of rotatable bonds is 7. The van der Waals surface area contributed by atoms with Gasteiger partial charge in [-0.2, -0.15) is 0 Å². The summed E-state index contributed by atoms with van der Waals surface area (Å²) in [6, 6.07) is 10.6. The second-order valence-corrected chi connectivity index (χ2v) is 6.30. The summed E-state index contributed by atoms with van der Waals surface area (Å²) in [5.74, 6) is -0.0101. The van der Waals surface area contributed by atoms with Crippen molar-refractivity contribution in [1.29, 1.82) is 0 Å². The lowest BCUT2D eigenvalue weighted by molar-refractivity contribution is 0.0469. The van der Waals surface area contributed by atoms with Gasteiger partial charge in [-0.1, -0.05) is 23.7 Å². The Morgan fingerprint density at radius 2 is 1.96 bits per heavy atom. The minimum atomic E-state index is -0.443. The van der Waals surface area contributed by atoms with Crippen molar-refractivity contribution in [3.05, 3.63) is 58.1 Å². The van der Waals surface area contributed by atoms with E-state index in [0.29, 0.717) is 16.3 Å². The Morgan fingerprint density at radius 3 is 2.58 bits per heavy atom. The Hall–Kier alpha value is -2.53. The van der Waals surface area contributed by atoms with Crippen LogP contribution in [0, 0.1) is 6.92 Å². The largest absolute Gasteiger partial charge is 0.496 e. The summed E-state index contributed by atoms with van der Waals surface area (Å²) in [4.78, 5) is 18.9. The number of aryl methyl sites for hydroxylation is 1. The molecule has 26 heavy (non-hydrogen) atoms. The molecule has 0 aromatic heterocycles. The van der Waals surface area contributed by atoms with Gasteiger partial charge in [-0.15, -0.1) is 0 Å². The molecule has 2 aromatic carbocycles. The first-order valence-electron chi connectivity index (χ1n) is 8.29. The standard InChI is InChI=1S/C20H23ClN2O3/c1-5-23(3)13-22-18-11-19(25-4)17(10-14(18)2)20(24)26-12-15-6-8-16(21)9-7-15/h6-11,13H,5,12H2,1-4H3. The molecule has 5 nitrogen and oxygen atoms in total. The molecular weight excluding hydrogens is 352 g/mol. The third-order valence-electron chi connectivity index (χ3n) is 3.91. The Bertz CT molecular complexity index is 788. The lowest BCUT2D eigenvalue weighted by Gasteiger charge is -2.13. The number of hydrogen-bond acceptors (Lipinski definition) is 4. The minimum absolute atomic E-state index is 0.166. The van der Waals surface area contributed by atoms with Crippen LogP contribution in [0.1, 0.15) is 28.4 Å². The maximum absolute atomic E-state index is 12.5. The number of nitrogens with zero attached hydrogens (tertiary/aromatic N) is 2. The van der Waals surface area contributed by atoms with Crippen LogP contribution in [0.3, 0.4) is 0 Å². The minimum Gasteiger partial charge on any atom is -0.496 e. The molecule has 0 aliphatic carbocycles. The van der Waals surface area contributed by atoms with Crippen molar-refractivity contribution in [1.82, 2.24) is 4.90 Å². The number of benzene rings is 2. The highest BCUT2D eigenvalue weighted by Gasteiger charge is 2.16. The first-order chi connectivity index (χ1) is 12.4. The topological polar surface area (TPSA) is 51.1 Å². The molecule has 0 radical (unpaired) electrons. The molecule has 138 valence electrons. The Morgan fingerprint density at radius 1 is 1.27 bits per heavy atom. The summed E-state index contributed by atoms with van der Waals surface area (Å²) in [6.45, 7) is 4.96. The molecule has 0 aliphatic rings. The van der Waals surface area contributed by atoms with Gasteiger partial charge >= 0.3 is 5.97 Å². The van der Waals surface area contributed by atoms with Crippen LogP contribution in [0.15, 0.2) is 41.4 Å². The van der Waals surface area contributed by atoms with Crippen molar-refractivity contribution in [2.45, 2.75) is 20.5 Å². The van der Waals surface area contributed by atoms with Crippen LogP contribution in [0.4, 0.5) is 5.69 Å². The zero-order valence-electron chi connectivity index (χ0n) is 15.5. The van der Waals surface area contributed by atoms with E-state index in [1.165, 1.54) is 7.11 Å². The zero-order valence-corrected chi connectivity index (χ0v) is 16.2. The van der Waals surface area contributed by atoms with Crippen LogP contribution in [-0.2, 0) is 11.3 Å². The second kappa shape index (κ2) is 9.25. The van der Waals surface area contributed by atoms with E-state index in [2.05, 4.69) is 4.99 Å². The van der Waals surface area contributed by atoms with E-state index in [1.54, 1.807) is 30.6 Å². The second-order valence-electron chi connectivity index (χ2n) is 5.86. The summed E-state index contributed by atoms with van der Waals surface area (Å²) in [6.07, 6.45) is 1.75. The molecule has 0 atom stereocenters. The van der Waals surface area contributed by atoms with Crippen LogP contribution in [0.5, 0.6) is 5.75 Å². The third kappa shape index (κ3) is 5.23. The summed E-state index contributed by atoms with van der Waals surface area (Å²) in [7, 11) is 3.46. The summed E-state index contributed by atoms with van der Waals surface area (Å²) < 4.78 is 10.8. The highest BCUT2D eigenvalue weighted by Crippen LogP contribution is 2.29. The number of carbonyl (C=O) groups excluding carboxylic acids is 1. The van der Waals surface area contributed by atoms with E-state index >= 15 is 0 Å². The quantitative estimate of drug-likeness (QED) is 0.403. The van der Waals surface area contributed by atoms with Crippen molar-refractivity contribution < 1.29 is 14.3 Å². The van der Waals surface area contributed by atoms with Crippen molar-refractivity contribution in [2.75, 3.05) is 20.7 Å². The van der Waals surface area contributed by atoms with Gasteiger partial charge in [0, 0.05) is 24.7 Å². The van der Waals surface area contributed by atoms with Crippen molar-refractivity contribution in [3.8, 4) is 5.75 Å². The average Bonchev–Trinajstić information content (AvgIpc) is 2.65. The fraction of sp³-hybridized carbons (Fsp3) is 0.300. The highest BCUT2D eigenvalue weighted by atomic mass is 35.5. The van der Waals surface area contributed by atoms with Gasteiger partial charge in [0.15, 0.2) is 0 Å². The zero-order chi connectivity index (χ0) is 19.1. The number of halogens is 1. The molecule has 0 amide bonds. The SMILES string of the molecule is CCN(C)C=Nc1cc(OC)c(C(=O)OCc2ccc(Cl)cc2)cc1C. The predicted molar refractivity (Wildman–Crippen MR) is 105 cm³/mol. The number of aliphatic imine (C=N–C) groups is 1. The fourth-order valence-corrected chi connectivity index (χ4v) is 2.32. The molecular formula is C20H23ClN2O3.